The molecule has 0 N–H and O–H groups in total. The van der Waals surface area contributed by atoms with E-state index in [-0.39, 0.29) is 6.61 Å². The molecule has 0 aromatic heterocycles. The molecule has 0 aromatic carbocycles. The molecule has 0 radical (unpaired) electrons. The Balaban J connectivity index is 2.95. The summed E-state index contributed by atoms with van der Waals surface area (Å²) < 4.78 is 20.1. The van der Waals surface area contributed by atoms with Crippen molar-refractivity contribution in [2.45, 2.75) is 45.3 Å². The van der Waals surface area contributed by atoms with Crippen LogP contribution in [0.5, 0.6) is 0 Å². The second-order valence-corrected chi connectivity index (χ2v) is 4.22. The van der Waals surface area contributed by atoms with Crippen molar-refractivity contribution in [1.82, 2.24) is 0 Å². The first-order valence-corrected chi connectivity index (χ1v) is 6.02. The number of rotatable bonds is 5. The molecule has 4 atom stereocenters. The Labute approximate surface area is 119 Å². The highest BCUT2D eigenvalue weighted by Gasteiger charge is 2.49. The average molecular weight is 301 g/mol. The minimum atomic E-state index is -1.18. The van der Waals surface area contributed by atoms with Gasteiger partial charge in [0.1, 0.15) is 12.7 Å². The molecular weight excluding hydrogens is 286 g/mol. The lowest BCUT2D eigenvalue weighted by Crippen LogP contribution is -2.40. The van der Waals surface area contributed by atoms with Crippen LogP contribution in [0.15, 0.2) is 5.11 Å². The van der Waals surface area contributed by atoms with Gasteiger partial charge in [-0.3, -0.25) is 14.4 Å². The van der Waals surface area contributed by atoms with Gasteiger partial charge in [0.15, 0.2) is 18.4 Å². The molecule has 0 aromatic rings. The molecule has 1 heterocycles. The number of azide groups is 1. The van der Waals surface area contributed by atoms with E-state index in [0.29, 0.717) is 0 Å². The van der Waals surface area contributed by atoms with Crippen molar-refractivity contribution >= 4 is 17.9 Å². The van der Waals surface area contributed by atoms with Crippen molar-refractivity contribution in [2.24, 2.45) is 5.11 Å². The number of hydrogen-bond acceptors (Lipinski definition) is 8. The number of carbonyl (C=O) groups is 3. The van der Waals surface area contributed by atoms with Crippen LogP contribution in [-0.2, 0) is 33.3 Å². The molecule has 10 heteroatoms. The molecule has 1 fully saturated rings. The van der Waals surface area contributed by atoms with Crippen LogP contribution >= 0.6 is 0 Å². The van der Waals surface area contributed by atoms with Crippen LogP contribution in [0.1, 0.15) is 20.8 Å². The fourth-order valence-electron chi connectivity index (χ4n) is 1.84. The highest BCUT2D eigenvalue weighted by Crippen LogP contribution is 2.28. The SMILES string of the molecule is CC(=O)OCC1OC(N=[N+]=[N-])C(OC(C)=O)C1OC(C)=O. The zero-order valence-corrected chi connectivity index (χ0v) is 11.7. The van der Waals surface area contributed by atoms with Crippen molar-refractivity contribution < 1.29 is 33.3 Å². The normalized spacial score (nSPS) is 27.4. The Kier molecular flexibility index (Phi) is 5.94. The van der Waals surface area contributed by atoms with E-state index in [1.807, 2.05) is 0 Å². The average Bonchev–Trinajstić information content (AvgIpc) is 2.65. The standard InChI is InChI=1S/C11H15N3O7/c1-5(15)18-4-8-9(19-6(2)16)10(20-7(3)17)11(21-8)13-14-12/h8-11H,4H2,1-3H3. The van der Waals surface area contributed by atoms with Crippen molar-refractivity contribution in [2.75, 3.05) is 6.61 Å². The van der Waals surface area contributed by atoms with Crippen LogP contribution in [0.3, 0.4) is 0 Å². The highest BCUT2D eigenvalue weighted by atomic mass is 16.7. The maximum atomic E-state index is 11.1. The van der Waals surface area contributed by atoms with Crippen LogP contribution < -0.4 is 0 Å². The molecule has 0 bridgehead atoms. The van der Waals surface area contributed by atoms with Gasteiger partial charge in [0.25, 0.3) is 0 Å². The zero-order chi connectivity index (χ0) is 16.0. The highest BCUT2D eigenvalue weighted by molar-refractivity contribution is 5.68. The van der Waals surface area contributed by atoms with Gasteiger partial charge in [0.05, 0.1) is 0 Å². The van der Waals surface area contributed by atoms with Gasteiger partial charge in [-0.05, 0) is 5.53 Å². The smallest absolute Gasteiger partial charge is 0.303 e. The quantitative estimate of drug-likeness (QED) is 0.236. The van der Waals surface area contributed by atoms with Gasteiger partial charge < -0.3 is 18.9 Å². The second kappa shape index (κ2) is 7.46. The largest absolute Gasteiger partial charge is 0.463 e. The third-order valence-corrected chi connectivity index (χ3v) is 2.51. The first kappa shape index (κ1) is 16.7. The minimum Gasteiger partial charge on any atom is -0.463 e. The zero-order valence-electron chi connectivity index (χ0n) is 11.7. The van der Waals surface area contributed by atoms with Gasteiger partial charge in [0.2, 0.25) is 0 Å². The van der Waals surface area contributed by atoms with Crippen LogP contribution in [0, 0.1) is 0 Å². The van der Waals surface area contributed by atoms with Crippen LogP contribution in [0.25, 0.3) is 10.4 Å². The number of hydrogen-bond donors (Lipinski definition) is 0. The van der Waals surface area contributed by atoms with E-state index in [9.17, 15) is 14.4 Å². The molecule has 1 aliphatic rings. The third-order valence-electron chi connectivity index (χ3n) is 2.51. The number of carbonyl (C=O) groups excluding carboxylic acids is 3. The molecule has 1 aliphatic heterocycles. The van der Waals surface area contributed by atoms with Crippen molar-refractivity contribution in [3.05, 3.63) is 10.4 Å². The van der Waals surface area contributed by atoms with Gasteiger partial charge >= 0.3 is 17.9 Å². The van der Waals surface area contributed by atoms with Crippen LogP contribution in [0.4, 0.5) is 0 Å². The Morgan fingerprint density at radius 1 is 1.10 bits per heavy atom. The maximum Gasteiger partial charge on any atom is 0.303 e. The molecule has 0 amide bonds. The van der Waals surface area contributed by atoms with Crippen LogP contribution in [-0.4, -0.2) is 49.1 Å². The molecule has 10 nitrogen and oxygen atoms in total. The Bertz CT molecular complexity index is 474. The van der Waals surface area contributed by atoms with E-state index in [4.69, 9.17) is 24.5 Å². The molecule has 116 valence electrons. The van der Waals surface area contributed by atoms with E-state index in [1.54, 1.807) is 0 Å². The molecule has 4 unspecified atom stereocenters. The first-order chi connectivity index (χ1) is 9.85. The fourth-order valence-corrected chi connectivity index (χ4v) is 1.84. The Hall–Kier alpha value is -2.32. The van der Waals surface area contributed by atoms with Gasteiger partial charge in [-0.2, -0.15) is 0 Å². The number of esters is 3. The summed E-state index contributed by atoms with van der Waals surface area (Å²) in [7, 11) is 0. The lowest BCUT2D eigenvalue weighted by atomic mass is 10.1. The third kappa shape index (κ3) is 4.93. The predicted molar refractivity (Wildman–Crippen MR) is 65.5 cm³/mol. The second-order valence-electron chi connectivity index (χ2n) is 4.22. The number of ether oxygens (including phenoxy) is 4. The minimum absolute atomic E-state index is 0.234. The molecule has 1 rings (SSSR count). The lowest BCUT2D eigenvalue weighted by Gasteiger charge is -2.22. The van der Waals surface area contributed by atoms with Gasteiger partial charge in [-0.25, -0.2) is 0 Å². The summed E-state index contributed by atoms with van der Waals surface area (Å²) in [5, 5.41) is 3.34. The maximum absolute atomic E-state index is 11.1. The first-order valence-electron chi connectivity index (χ1n) is 6.02. The van der Waals surface area contributed by atoms with E-state index >= 15 is 0 Å². The molecule has 0 aliphatic carbocycles. The van der Waals surface area contributed by atoms with E-state index < -0.39 is 42.4 Å². The van der Waals surface area contributed by atoms with Crippen LogP contribution in [0.2, 0.25) is 0 Å². The van der Waals surface area contributed by atoms with Gasteiger partial charge in [-0.15, -0.1) is 0 Å². The summed E-state index contributed by atoms with van der Waals surface area (Å²) in [6.45, 7) is 3.28. The summed E-state index contributed by atoms with van der Waals surface area (Å²) in [5.74, 6) is -1.86. The summed E-state index contributed by atoms with van der Waals surface area (Å²) in [5.41, 5.74) is 8.50. The molecule has 1 saturated heterocycles. The van der Waals surface area contributed by atoms with Gasteiger partial charge in [-0.1, -0.05) is 5.11 Å². The summed E-state index contributed by atoms with van der Waals surface area (Å²) >= 11 is 0. The topological polar surface area (TPSA) is 137 Å². The summed E-state index contributed by atoms with van der Waals surface area (Å²) in [6.07, 6.45) is -4.23. The monoisotopic (exact) mass is 301 g/mol. The Morgan fingerprint density at radius 3 is 2.14 bits per heavy atom. The van der Waals surface area contributed by atoms with Gasteiger partial charge in [0, 0.05) is 25.7 Å². The number of nitrogens with zero attached hydrogens (tertiary/aromatic N) is 3. The van der Waals surface area contributed by atoms with E-state index in [1.165, 1.54) is 6.92 Å². The van der Waals surface area contributed by atoms with E-state index in [0.717, 1.165) is 13.8 Å². The van der Waals surface area contributed by atoms with Crippen molar-refractivity contribution in [3.63, 3.8) is 0 Å². The fraction of sp³-hybridized carbons (Fsp3) is 0.727. The van der Waals surface area contributed by atoms with Crippen molar-refractivity contribution in [3.8, 4) is 0 Å². The molecule has 0 saturated carbocycles. The lowest BCUT2D eigenvalue weighted by molar-refractivity contribution is -0.165. The molecule has 21 heavy (non-hydrogen) atoms. The summed E-state index contributed by atoms with van der Waals surface area (Å²) in [4.78, 5) is 35.7. The van der Waals surface area contributed by atoms with E-state index in [2.05, 4.69) is 10.0 Å². The molecular formula is C11H15N3O7. The van der Waals surface area contributed by atoms with Crippen molar-refractivity contribution in [1.29, 1.82) is 0 Å². The Morgan fingerprint density at radius 2 is 1.67 bits per heavy atom. The molecule has 0 spiro atoms. The predicted octanol–water partition coefficient (Wildman–Crippen LogP) is 0.448. The summed E-state index contributed by atoms with van der Waals surface area (Å²) in [6, 6.07) is 0.